The van der Waals surface area contributed by atoms with Gasteiger partial charge in [0.1, 0.15) is 0 Å². The number of aliphatic carboxylic acids is 1. The minimum absolute atomic E-state index is 0.0906. The van der Waals surface area contributed by atoms with Crippen LogP contribution in [0.25, 0.3) is 16.9 Å². The van der Waals surface area contributed by atoms with Crippen molar-refractivity contribution in [2.24, 2.45) is 0 Å². The average Bonchev–Trinajstić information content (AvgIpc) is 2.92. The van der Waals surface area contributed by atoms with E-state index in [2.05, 4.69) is 15.1 Å². The maximum Gasteiger partial charge on any atom is 0.303 e. The van der Waals surface area contributed by atoms with Gasteiger partial charge in [0.2, 0.25) is 0 Å². The summed E-state index contributed by atoms with van der Waals surface area (Å²) in [6.07, 6.45) is 4.00. The van der Waals surface area contributed by atoms with Gasteiger partial charge in [-0.1, -0.05) is 0 Å². The van der Waals surface area contributed by atoms with Crippen LogP contribution in [-0.4, -0.2) is 30.7 Å². The van der Waals surface area contributed by atoms with Gasteiger partial charge in [0.25, 0.3) is 0 Å². The van der Waals surface area contributed by atoms with Crippen molar-refractivity contribution in [2.45, 2.75) is 26.7 Å². The second kappa shape index (κ2) is 5.55. The molecule has 1 N–H and O–H groups in total. The largest absolute Gasteiger partial charge is 0.481 e. The van der Waals surface area contributed by atoms with Crippen LogP contribution in [0.5, 0.6) is 0 Å². The quantitative estimate of drug-likeness (QED) is 0.799. The highest BCUT2D eigenvalue weighted by molar-refractivity contribution is 5.67. The fourth-order valence-electron chi connectivity index (χ4n) is 2.58. The van der Waals surface area contributed by atoms with Gasteiger partial charge in [-0.05, 0) is 38.0 Å². The molecule has 6 heteroatoms. The molecule has 112 valence electrons. The van der Waals surface area contributed by atoms with Crippen LogP contribution >= 0.6 is 0 Å². The molecule has 0 bridgehead atoms. The standard InChI is InChI=1S/C16H16N4O2/c1-10-13(3-4-16(21)22)11(2)20-15(18-10)9-14(19-20)12-5-7-17-8-6-12/h5-9H,3-4H2,1-2H3,(H,21,22). The molecule has 0 aliphatic rings. The minimum atomic E-state index is -0.808. The number of rotatable bonds is 4. The normalized spacial score (nSPS) is 11.0. The van der Waals surface area contributed by atoms with E-state index < -0.39 is 5.97 Å². The lowest BCUT2D eigenvalue weighted by atomic mass is 10.1. The summed E-state index contributed by atoms with van der Waals surface area (Å²) in [4.78, 5) is 19.4. The number of carboxylic acids is 1. The first-order valence-electron chi connectivity index (χ1n) is 7.04. The predicted molar refractivity (Wildman–Crippen MR) is 81.6 cm³/mol. The number of hydrogen-bond donors (Lipinski definition) is 1. The van der Waals surface area contributed by atoms with Gasteiger partial charge in [0.15, 0.2) is 5.65 Å². The Labute approximate surface area is 127 Å². The molecule has 6 nitrogen and oxygen atoms in total. The Morgan fingerprint density at radius 3 is 2.68 bits per heavy atom. The summed E-state index contributed by atoms with van der Waals surface area (Å²) in [5, 5.41) is 13.5. The molecule has 0 aliphatic carbocycles. The maximum atomic E-state index is 10.8. The van der Waals surface area contributed by atoms with Crippen LogP contribution in [0, 0.1) is 13.8 Å². The zero-order valence-electron chi connectivity index (χ0n) is 12.4. The Hall–Kier alpha value is -2.76. The van der Waals surface area contributed by atoms with Crippen LogP contribution < -0.4 is 0 Å². The van der Waals surface area contributed by atoms with Gasteiger partial charge in [0.05, 0.1) is 5.69 Å². The highest BCUT2D eigenvalue weighted by Gasteiger charge is 2.13. The number of fused-ring (bicyclic) bond motifs is 1. The van der Waals surface area contributed by atoms with Crippen LogP contribution in [0.1, 0.15) is 23.4 Å². The SMILES string of the molecule is Cc1nc2cc(-c3ccncc3)nn2c(C)c1CCC(=O)O. The number of carboxylic acid groups (broad SMARTS) is 1. The molecule has 0 saturated carbocycles. The van der Waals surface area contributed by atoms with E-state index >= 15 is 0 Å². The summed E-state index contributed by atoms with van der Waals surface area (Å²) in [7, 11) is 0. The first-order chi connectivity index (χ1) is 10.6. The number of hydrogen-bond acceptors (Lipinski definition) is 4. The molecule has 3 aromatic heterocycles. The molecular weight excluding hydrogens is 280 g/mol. The molecule has 3 aromatic rings. The van der Waals surface area contributed by atoms with Crippen LogP contribution in [0.2, 0.25) is 0 Å². The third-order valence-electron chi connectivity index (χ3n) is 3.73. The zero-order valence-corrected chi connectivity index (χ0v) is 12.4. The summed E-state index contributed by atoms with van der Waals surface area (Å²) in [5.41, 5.74) is 5.30. The van der Waals surface area contributed by atoms with Crippen molar-refractivity contribution >= 4 is 11.6 Å². The van der Waals surface area contributed by atoms with E-state index in [-0.39, 0.29) is 6.42 Å². The Balaban J connectivity index is 2.09. The predicted octanol–water partition coefficient (Wildman–Crippen LogP) is 2.43. The van der Waals surface area contributed by atoms with Crippen molar-refractivity contribution in [3.8, 4) is 11.3 Å². The van der Waals surface area contributed by atoms with Crippen LogP contribution in [0.3, 0.4) is 0 Å². The Morgan fingerprint density at radius 1 is 1.27 bits per heavy atom. The maximum absolute atomic E-state index is 10.8. The van der Waals surface area contributed by atoms with Crippen molar-refractivity contribution in [3.63, 3.8) is 0 Å². The van der Waals surface area contributed by atoms with Crippen LogP contribution in [0.15, 0.2) is 30.6 Å². The number of nitrogens with zero attached hydrogens (tertiary/aromatic N) is 4. The average molecular weight is 296 g/mol. The molecule has 0 atom stereocenters. The first kappa shape index (κ1) is 14.2. The lowest BCUT2D eigenvalue weighted by Gasteiger charge is -2.09. The molecule has 0 radical (unpaired) electrons. The molecule has 0 fully saturated rings. The number of aryl methyl sites for hydroxylation is 2. The molecule has 3 rings (SSSR count). The van der Waals surface area contributed by atoms with Gasteiger partial charge in [-0.2, -0.15) is 5.10 Å². The zero-order chi connectivity index (χ0) is 15.7. The van der Waals surface area contributed by atoms with Crippen molar-refractivity contribution in [1.29, 1.82) is 0 Å². The first-order valence-corrected chi connectivity index (χ1v) is 7.04. The molecule has 0 unspecified atom stereocenters. The van der Waals surface area contributed by atoms with Crippen molar-refractivity contribution in [2.75, 3.05) is 0 Å². The smallest absolute Gasteiger partial charge is 0.303 e. The summed E-state index contributed by atoms with van der Waals surface area (Å²) in [6, 6.07) is 5.72. The van der Waals surface area contributed by atoms with Crippen molar-refractivity contribution < 1.29 is 9.90 Å². The fourth-order valence-corrected chi connectivity index (χ4v) is 2.58. The molecule has 3 heterocycles. The molecule has 0 spiro atoms. The summed E-state index contributed by atoms with van der Waals surface area (Å²) in [5.74, 6) is -0.808. The lowest BCUT2D eigenvalue weighted by Crippen LogP contribution is -2.07. The van der Waals surface area contributed by atoms with Crippen molar-refractivity contribution in [3.05, 3.63) is 47.5 Å². The van der Waals surface area contributed by atoms with Gasteiger partial charge < -0.3 is 5.11 Å². The fraction of sp³-hybridized carbons (Fsp3) is 0.250. The Morgan fingerprint density at radius 2 is 2.00 bits per heavy atom. The Bertz CT molecular complexity index is 840. The summed E-state index contributed by atoms with van der Waals surface area (Å²) in [6.45, 7) is 3.85. The van der Waals surface area contributed by atoms with E-state index in [0.29, 0.717) is 6.42 Å². The second-order valence-corrected chi connectivity index (χ2v) is 5.19. The van der Waals surface area contributed by atoms with Gasteiger partial charge in [0, 0.05) is 41.8 Å². The molecular formula is C16H16N4O2. The lowest BCUT2D eigenvalue weighted by molar-refractivity contribution is -0.136. The number of aromatic nitrogens is 4. The Kier molecular flexibility index (Phi) is 3.58. The van der Waals surface area contributed by atoms with E-state index in [9.17, 15) is 4.79 Å². The number of carbonyl (C=O) groups is 1. The van der Waals surface area contributed by atoms with E-state index in [1.54, 1.807) is 16.9 Å². The third-order valence-corrected chi connectivity index (χ3v) is 3.73. The highest BCUT2D eigenvalue weighted by Crippen LogP contribution is 2.22. The monoisotopic (exact) mass is 296 g/mol. The summed E-state index contributed by atoms with van der Waals surface area (Å²) < 4.78 is 1.78. The number of pyridine rings is 1. The third kappa shape index (κ3) is 2.55. The second-order valence-electron chi connectivity index (χ2n) is 5.19. The van der Waals surface area contributed by atoms with Gasteiger partial charge >= 0.3 is 5.97 Å². The molecule has 0 amide bonds. The van der Waals surface area contributed by atoms with Gasteiger partial charge in [-0.25, -0.2) is 9.50 Å². The molecule has 0 aliphatic heterocycles. The molecule has 0 saturated heterocycles. The van der Waals surface area contributed by atoms with Crippen molar-refractivity contribution in [1.82, 2.24) is 19.6 Å². The van der Waals surface area contributed by atoms with Crippen LogP contribution in [0.4, 0.5) is 0 Å². The van der Waals surface area contributed by atoms with E-state index in [0.717, 1.165) is 33.9 Å². The highest BCUT2D eigenvalue weighted by atomic mass is 16.4. The van der Waals surface area contributed by atoms with E-state index in [1.165, 1.54) is 0 Å². The molecule has 22 heavy (non-hydrogen) atoms. The van der Waals surface area contributed by atoms with Gasteiger partial charge in [-0.15, -0.1) is 0 Å². The van der Waals surface area contributed by atoms with E-state index in [1.807, 2.05) is 32.0 Å². The van der Waals surface area contributed by atoms with E-state index in [4.69, 9.17) is 5.11 Å². The topological polar surface area (TPSA) is 80.4 Å². The molecule has 0 aromatic carbocycles. The van der Waals surface area contributed by atoms with Crippen LogP contribution in [-0.2, 0) is 11.2 Å². The minimum Gasteiger partial charge on any atom is -0.481 e. The van der Waals surface area contributed by atoms with Gasteiger partial charge in [-0.3, -0.25) is 9.78 Å². The summed E-state index contributed by atoms with van der Waals surface area (Å²) >= 11 is 0.